The second-order valence-electron chi connectivity index (χ2n) is 8.29. The van der Waals surface area contributed by atoms with Gasteiger partial charge >= 0.3 is 0 Å². The number of nitrogens with one attached hydrogen (secondary N) is 1. The average molecular weight is 384 g/mol. The maximum Gasteiger partial charge on any atom is 0.251 e. The molecule has 148 valence electrons. The summed E-state index contributed by atoms with van der Waals surface area (Å²) >= 11 is 0. The van der Waals surface area contributed by atoms with Gasteiger partial charge in [0.2, 0.25) is 17.7 Å². The molecular formula is C21H24N2O5. The molecule has 1 spiro atoms. The minimum Gasteiger partial charge on any atom is -0.448 e. The van der Waals surface area contributed by atoms with Crippen molar-refractivity contribution < 1.29 is 23.9 Å². The van der Waals surface area contributed by atoms with E-state index in [0.29, 0.717) is 17.2 Å². The zero-order valence-electron chi connectivity index (χ0n) is 15.7. The van der Waals surface area contributed by atoms with Crippen LogP contribution < -0.4 is 14.8 Å². The van der Waals surface area contributed by atoms with E-state index in [-0.39, 0.29) is 36.1 Å². The van der Waals surface area contributed by atoms with Crippen molar-refractivity contribution in [1.82, 2.24) is 4.90 Å². The van der Waals surface area contributed by atoms with Crippen LogP contribution >= 0.6 is 0 Å². The topological polar surface area (TPSA) is 84.9 Å². The van der Waals surface area contributed by atoms with E-state index >= 15 is 0 Å². The highest BCUT2D eigenvalue weighted by atomic mass is 16.7. The first-order valence-corrected chi connectivity index (χ1v) is 10.2. The number of carbonyl (C=O) groups is 3. The van der Waals surface area contributed by atoms with Gasteiger partial charge in [-0.05, 0) is 37.8 Å². The largest absolute Gasteiger partial charge is 0.448 e. The fraction of sp³-hybridized carbons (Fsp3) is 0.571. The number of anilines is 1. The number of amides is 3. The lowest BCUT2D eigenvalue weighted by Crippen LogP contribution is -2.38. The monoisotopic (exact) mass is 384 g/mol. The molecule has 2 saturated carbocycles. The first-order valence-electron chi connectivity index (χ1n) is 10.2. The van der Waals surface area contributed by atoms with Crippen molar-refractivity contribution in [1.29, 1.82) is 0 Å². The standard InChI is InChI=1S/C21H24N2O5/c24-18(12-23-19(25)14-5-1-2-6-15(14)20(23)26)22-13-7-8-16-17(11-13)28-21(27-16)9-3-4-10-21/h7-8,11,14-15H,1-6,9-10,12H2,(H,22,24)/t14-,15+. The van der Waals surface area contributed by atoms with Gasteiger partial charge in [-0.15, -0.1) is 0 Å². The van der Waals surface area contributed by atoms with Gasteiger partial charge in [0.1, 0.15) is 6.54 Å². The Balaban J connectivity index is 1.25. The minimum atomic E-state index is -0.546. The summed E-state index contributed by atoms with van der Waals surface area (Å²) in [6.07, 6.45) is 7.33. The predicted octanol–water partition coefficient (Wildman–Crippen LogP) is 2.84. The van der Waals surface area contributed by atoms with Crippen LogP contribution in [-0.2, 0) is 14.4 Å². The molecule has 0 bridgehead atoms. The smallest absolute Gasteiger partial charge is 0.251 e. The second kappa shape index (κ2) is 6.50. The molecule has 5 rings (SSSR count). The van der Waals surface area contributed by atoms with E-state index < -0.39 is 5.79 Å². The Kier molecular flexibility index (Phi) is 4.07. The van der Waals surface area contributed by atoms with Crippen LogP contribution in [0.15, 0.2) is 18.2 Å². The molecule has 1 aromatic rings. The van der Waals surface area contributed by atoms with Crippen molar-refractivity contribution in [3.8, 4) is 11.5 Å². The Bertz CT molecular complexity index is 821. The summed E-state index contributed by atoms with van der Waals surface area (Å²) in [5, 5.41) is 2.78. The van der Waals surface area contributed by atoms with Crippen LogP contribution in [0.25, 0.3) is 0 Å². The van der Waals surface area contributed by atoms with Gasteiger partial charge in [-0.2, -0.15) is 0 Å². The Labute approximate surface area is 163 Å². The van der Waals surface area contributed by atoms with E-state index in [9.17, 15) is 14.4 Å². The van der Waals surface area contributed by atoms with Gasteiger partial charge in [0.05, 0.1) is 11.8 Å². The molecule has 28 heavy (non-hydrogen) atoms. The highest BCUT2D eigenvalue weighted by Gasteiger charge is 2.48. The molecule has 3 amide bonds. The van der Waals surface area contributed by atoms with Crippen molar-refractivity contribution in [2.75, 3.05) is 11.9 Å². The van der Waals surface area contributed by atoms with Crippen LogP contribution in [0.4, 0.5) is 5.69 Å². The number of fused-ring (bicyclic) bond motifs is 2. The third-order valence-electron chi connectivity index (χ3n) is 6.42. The highest BCUT2D eigenvalue weighted by molar-refractivity contribution is 6.08. The van der Waals surface area contributed by atoms with Crippen molar-refractivity contribution in [2.45, 2.75) is 57.2 Å². The molecule has 7 heteroatoms. The van der Waals surface area contributed by atoms with Crippen molar-refractivity contribution in [3.05, 3.63) is 18.2 Å². The van der Waals surface area contributed by atoms with Crippen molar-refractivity contribution in [2.24, 2.45) is 11.8 Å². The van der Waals surface area contributed by atoms with Crippen LogP contribution in [0, 0.1) is 11.8 Å². The van der Waals surface area contributed by atoms with Crippen molar-refractivity contribution >= 4 is 23.4 Å². The van der Waals surface area contributed by atoms with Crippen LogP contribution in [-0.4, -0.2) is 35.0 Å². The van der Waals surface area contributed by atoms with Gasteiger partial charge in [-0.1, -0.05) is 12.8 Å². The molecule has 2 aliphatic heterocycles. The van der Waals surface area contributed by atoms with E-state index in [1.807, 2.05) is 0 Å². The zero-order valence-corrected chi connectivity index (χ0v) is 15.7. The fourth-order valence-electron chi connectivity index (χ4n) is 5.02. The highest BCUT2D eigenvalue weighted by Crippen LogP contribution is 2.47. The van der Waals surface area contributed by atoms with E-state index in [2.05, 4.69) is 5.32 Å². The van der Waals surface area contributed by atoms with E-state index in [0.717, 1.165) is 56.3 Å². The molecule has 1 aromatic carbocycles. The minimum absolute atomic E-state index is 0.196. The molecule has 2 heterocycles. The number of benzene rings is 1. The predicted molar refractivity (Wildman–Crippen MR) is 99.7 cm³/mol. The second-order valence-corrected chi connectivity index (χ2v) is 8.29. The van der Waals surface area contributed by atoms with Crippen LogP contribution in [0.5, 0.6) is 11.5 Å². The molecule has 1 saturated heterocycles. The molecule has 3 fully saturated rings. The zero-order chi connectivity index (χ0) is 19.3. The van der Waals surface area contributed by atoms with E-state index in [1.165, 1.54) is 0 Å². The number of carbonyl (C=O) groups excluding carboxylic acids is 3. The fourth-order valence-corrected chi connectivity index (χ4v) is 5.02. The molecule has 0 aromatic heterocycles. The summed E-state index contributed by atoms with van der Waals surface area (Å²) in [5.74, 6) is -0.472. The molecule has 1 N–H and O–H groups in total. The molecule has 7 nitrogen and oxygen atoms in total. The molecule has 2 aliphatic carbocycles. The van der Waals surface area contributed by atoms with Crippen LogP contribution in [0.1, 0.15) is 51.4 Å². The van der Waals surface area contributed by atoms with Crippen molar-refractivity contribution in [3.63, 3.8) is 0 Å². The summed E-state index contributed by atoms with van der Waals surface area (Å²) in [6, 6.07) is 5.29. The lowest BCUT2D eigenvalue weighted by molar-refractivity contribution is -0.142. The maximum absolute atomic E-state index is 12.5. The van der Waals surface area contributed by atoms with Gasteiger partial charge in [-0.25, -0.2) is 0 Å². The summed E-state index contributed by atoms with van der Waals surface area (Å²) in [7, 11) is 0. The number of imide groups is 1. The molecular weight excluding hydrogens is 360 g/mol. The molecule has 2 atom stereocenters. The van der Waals surface area contributed by atoms with Gasteiger partial charge in [0, 0.05) is 24.6 Å². The van der Waals surface area contributed by atoms with Crippen LogP contribution in [0.3, 0.4) is 0 Å². The summed E-state index contributed by atoms with van der Waals surface area (Å²) in [6.45, 7) is -0.233. The Morgan fingerprint density at radius 2 is 1.64 bits per heavy atom. The number of likely N-dealkylation sites (tertiary alicyclic amines) is 1. The van der Waals surface area contributed by atoms with Gasteiger partial charge < -0.3 is 14.8 Å². The lowest BCUT2D eigenvalue weighted by Gasteiger charge is -2.21. The first-order chi connectivity index (χ1) is 13.5. The normalized spacial score (nSPS) is 27.4. The third-order valence-corrected chi connectivity index (χ3v) is 6.42. The number of nitrogens with zero attached hydrogens (tertiary/aromatic N) is 1. The quantitative estimate of drug-likeness (QED) is 0.810. The first kappa shape index (κ1) is 17.5. The molecule has 0 radical (unpaired) electrons. The molecule has 4 aliphatic rings. The van der Waals surface area contributed by atoms with E-state index in [4.69, 9.17) is 9.47 Å². The summed E-state index contributed by atoms with van der Waals surface area (Å²) in [5.41, 5.74) is 0.568. The summed E-state index contributed by atoms with van der Waals surface area (Å²) < 4.78 is 12.0. The van der Waals surface area contributed by atoms with Crippen LogP contribution in [0.2, 0.25) is 0 Å². The van der Waals surface area contributed by atoms with E-state index in [1.54, 1.807) is 18.2 Å². The third kappa shape index (κ3) is 2.84. The number of rotatable bonds is 3. The number of hydrogen-bond donors (Lipinski definition) is 1. The Morgan fingerprint density at radius 1 is 1.00 bits per heavy atom. The summed E-state index contributed by atoms with van der Waals surface area (Å²) in [4.78, 5) is 38.7. The van der Waals surface area contributed by atoms with Gasteiger partial charge in [0.25, 0.3) is 5.79 Å². The number of ether oxygens (including phenoxy) is 2. The Hall–Kier alpha value is -2.57. The molecule has 0 unspecified atom stereocenters. The Morgan fingerprint density at radius 3 is 2.32 bits per heavy atom. The lowest BCUT2D eigenvalue weighted by atomic mass is 9.81. The maximum atomic E-state index is 12.5. The van der Waals surface area contributed by atoms with Gasteiger partial charge in [0.15, 0.2) is 11.5 Å². The van der Waals surface area contributed by atoms with Gasteiger partial charge in [-0.3, -0.25) is 19.3 Å². The SMILES string of the molecule is O=C(CN1C(=O)[C@H]2CCCC[C@H]2C1=O)Nc1ccc2c(c1)OC1(CCCC1)O2. The average Bonchev–Trinajstić information content (AvgIpc) is 3.35. The number of hydrogen-bond acceptors (Lipinski definition) is 5.